The van der Waals surface area contributed by atoms with E-state index in [0.717, 1.165) is 11.5 Å². The monoisotopic (exact) mass is 157 g/mol. The van der Waals surface area contributed by atoms with Gasteiger partial charge < -0.3 is 4.74 Å². The molecule has 2 atom stereocenters. The second kappa shape index (κ2) is 2.81. The van der Waals surface area contributed by atoms with Gasteiger partial charge in [-0.05, 0) is 5.75 Å². The Kier molecular flexibility index (Phi) is 2.22. The predicted octanol–water partition coefficient (Wildman–Crippen LogP) is 1.28. The number of methoxy groups -OCH3 is 1. The minimum absolute atomic E-state index is 0.368. The number of nitrogens with zero attached hydrogens (tertiary/aromatic N) is 1. The summed E-state index contributed by atoms with van der Waals surface area (Å²) in [6.07, 6.45) is 0. The Morgan fingerprint density at radius 3 is 2.70 bits per heavy atom. The molecule has 0 bridgehead atoms. The van der Waals surface area contributed by atoms with E-state index < -0.39 is 5.60 Å². The molecule has 0 N–H and O–H groups in total. The standard InChI is InChI=1S/C7H11NOS/c1-6-3-10-5-7(6,4-8)9-2/h6H,3,5H2,1-2H3. The highest BCUT2D eigenvalue weighted by Crippen LogP contribution is 2.35. The van der Waals surface area contributed by atoms with E-state index >= 15 is 0 Å². The van der Waals surface area contributed by atoms with Crippen molar-refractivity contribution >= 4 is 11.8 Å². The van der Waals surface area contributed by atoms with E-state index in [1.165, 1.54) is 0 Å². The van der Waals surface area contributed by atoms with E-state index in [0.29, 0.717) is 5.92 Å². The Balaban J connectivity index is 2.74. The smallest absolute Gasteiger partial charge is 0.166 e. The van der Waals surface area contributed by atoms with E-state index in [4.69, 9.17) is 10.00 Å². The highest BCUT2D eigenvalue weighted by atomic mass is 32.2. The summed E-state index contributed by atoms with van der Waals surface area (Å²) in [5.74, 6) is 2.23. The van der Waals surface area contributed by atoms with E-state index in [1.54, 1.807) is 18.9 Å². The minimum atomic E-state index is -0.495. The molecule has 0 aromatic carbocycles. The summed E-state index contributed by atoms with van der Waals surface area (Å²) in [4.78, 5) is 0. The number of rotatable bonds is 1. The lowest BCUT2D eigenvalue weighted by atomic mass is 9.94. The van der Waals surface area contributed by atoms with Gasteiger partial charge in [0, 0.05) is 18.8 Å². The SMILES string of the molecule is COC1(C#N)CSCC1C. The molecular formula is C7H11NOS. The van der Waals surface area contributed by atoms with Crippen LogP contribution in [0.2, 0.25) is 0 Å². The van der Waals surface area contributed by atoms with Crippen LogP contribution in [0.4, 0.5) is 0 Å². The molecule has 0 aromatic rings. The summed E-state index contributed by atoms with van der Waals surface area (Å²) in [6, 6.07) is 2.23. The Hall–Kier alpha value is -0.200. The van der Waals surface area contributed by atoms with Crippen LogP contribution >= 0.6 is 11.8 Å². The third-order valence-corrected chi connectivity index (χ3v) is 3.40. The molecule has 0 aromatic heterocycles. The highest BCUT2D eigenvalue weighted by Gasteiger charge is 2.41. The predicted molar refractivity (Wildman–Crippen MR) is 41.8 cm³/mol. The van der Waals surface area contributed by atoms with Gasteiger partial charge in [0.25, 0.3) is 0 Å². The van der Waals surface area contributed by atoms with Crippen LogP contribution in [0.15, 0.2) is 0 Å². The first-order chi connectivity index (χ1) is 4.75. The Bertz CT molecular complexity index is 165. The van der Waals surface area contributed by atoms with E-state index in [2.05, 4.69) is 13.0 Å². The Morgan fingerprint density at radius 2 is 2.50 bits per heavy atom. The van der Waals surface area contributed by atoms with Crippen LogP contribution in [0, 0.1) is 17.2 Å². The summed E-state index contributed by atoms with van der Waals surface area (Å²) >= 11 is 1.79. The molecule has 1 aliphatic heterocycles. The maximum absolute atomic E-state index is 8.80. The second-order valence-electron chi connectivity index (χ2n) is 2.62. The Labute approximate surface area is 65.6 Å². The van der Waals surface area contributed by atoms with Gasteiger partial charge in [0.2, 0.25) is 0 Å². The van der Waals surface area contributed by atoms with Crippen LogP contribution < -0.4 is 0 Å². The molecule has 1 aliphatic rings. The van der Waals surface area contributed by atoms with Crippen molar-refractivity contribution in [3.8, 4) is 6.07 Å². The van der Waals surface area contributed by atoms with Gasteiger partial charge in [-0.2, -0.15) is 17.0 Å². The average Bonchev–Trinajstić information content (AvgIpc) is 2.32. The van der Waals surface area contributed by atoms with Gasteiger partial charge >= 0.3 is 0 Å². The lowest BCUT2D eigenvalue weighted by Crippen LogP contribution is -2.35. The van der Waals surface area contributed by atoms with Crippen molar-refractivity contribution in [1.82, 2.24) is 0 Å². The van der Waals surface area contributed by atoms with Crippen molar-refractivity contribution in [1.29, 1.82) is 5.26 Å². The molecule has 56 valence electrons. The van der Waals surface area contributed by atoms with Gasteiger partial charge in [-0.15, -0.1) is 0 Å². The molecule has 0 spiro atoms. The number of thioether (sulfide) groups is 1. The first-order valence-corrected chi connectivity index (χ1v) is 4.45. The third-order valence-electron chi connectivity index (χ3n) is 2.03. The molecule has 1 fully saturated rings. The lowest BCUT2D eigenvalue weighted by molar-refractivity contribution is 0.0287. The molecule has 10 heavy (non-hydrogen) atoms. The lowest BCUT2D eigenvalue weighted by Gasteiger charge is -2.22. The van der Waals surface area contributed by atoms with Gasteiger partial charge in [0.05, 0.1) is 6.07 Å². The summed E-state index contributed by atoms with van der Waals surface area (Å²) in [7, 11) is 1.62. The van der Waals surface area contributed by atoms with Crippen molar-refractivity contribution in [2.24, 2.45) is 5.92 Å². The zero-order valence-corrected chi connectivity index (χ0v) is 7.07. The molecule has 1 saturated heterocycles. The van der Waals surface area contributed by atoms with E-state index in [1.807, 2.05) is 0 Å². The molecule has 0 saturated carbocycles. The van der Waals surface area contributed by atoms with E-state index in [-0.39, 0.29) is 0 Å². The van der Waals surface area contributed by atoms with Gasteiger partial charge in [0.1, 0.15) is 0 Å². The van der Waals surface area contributed by atoms with E-state index in [9.17, 15) is 0 Å². The maximum Gasteiger partial charge on any atom is 0.166 e. The van der Waals surface area contributed by atoms with Crippen LogP contribution in [0.3, 0.4) is 0 Å². The third kappa shape index (κ3) is 1.02. The summed E-state index contributed by atoms with van der Waals surface area (Å²) in [5.41, 5.74) is -0.495. The van der Waals surface area contributed by atoms with Gasteiger partial charge in [-0.3, -0.25) is 0 Å². The summed E-state index contributed by atoms with van der Waals surface area (Å²) in [6.45, 7) is 2.06. The van der Waals surface area contributed by atoms with Crippen LogP contribution in [0.5, 0.6) is 0 Å². The maximum atomic E-state index is 8.80. The number of hydrogen-bond donors (Lipinski definition) is 0. The average molecular weight is 157 g/mol. The number of hydrogen-bond acceptors (Lipinski definition) is 3. The fraction of sp³-hybridized carbons (Fsp3) is 0.857. The number of ether oxygens (including phenoxy) is 1. The van der Waals surface area contributed by atoms with Gasteiger partial charge in [-0.25, -0.2) is 0 Å². The molecular weight excluding hydrogens is 146 g/mol. The molecule has 3 heteroatoms. The Morgan fingerprint density at radius 1 is 1.80 bits per heavy atom. The van der Waals surface area contributed by atoms with Crippen molar-refractivity contribution in [3.05, 3.63) is 0 Å². The highest BCUT2D eigenvalue weighted by molar-refractivity contribution is 7.99. The van der Waals surface area contributed by atoms with Crippen LogP contribution in [-0.4, -0.2) is 24.2 Å². The minimum Gasteiger partial charge on any atom is -0.362 e. The van der Waals surface area contributed by atoms with Crippen molar-refractivity contribution in [2.45, 2.75) is 12.5 Å². The molecule has 1 heterocycles. The largest absolute Gasteiger partial charge is 0.362 e. The zero-order chi connectivity index (χ0) is 7.61. The van der Waals surface area contributed by atoms with Gasteiger partial charge in [-0.1, -0.05) is 6.92 Å². The first kappa shape index (κ1) is 7.90. The molecule has 0 radical (unpaired) electrons. The first-order valence-electron chi connectivity index (χ1n) is 3.29. The second-order valence-corrected chi connectivity index (χ2v) is 3.65. The van der Waals surface area contributed by atoms with Crippen molar-refractivity contribution in [2.75, 3.05) is 18.6 Å². The zero-order valence-electron chi connectivity index (χ0n) is 6.26. The molecule has 0 aliphatic carbocycles. The van der Waals surface area contributed by atoms with Crippen LogP contribution in [0.1, 0.15) is 6.92 Å². The fourth-order valence-corrected chi connectivity index (χ4v) is 2.62. The van der Waals surface area contributed by atoms with Crippen molar-refractivity contribution < 1.29 is 4.74 Å². The normalized spacial score (nSPS) is 39.5. The molecule has 1 rings (SSSR count). The van der Waals surface area contributed by atoms with Crippen molar-refractivity contribution in [3.63, 3.8) is 0 Å². The summed E-state index contributed by atoms with van der Waals surface area (Å²) in [5, 5.41) is 8.80. The van der Waals surface area contributed by atoms with Crippen LogP contribution in [-0.2, 0) is 4.74 Å². The quantitative estimate of drug-likeness (QED) is 0.575. The number of nitriles is 1. The van der Waals surface area contributed by atoms with Gasteiger partial charge in [0.15, 0.2) is 5.60 Å². The molecule has 2 unspecified atom stereocenters. The molecule has 0 amide bonds. The summed E-state index contributed by atoms with van der Waals surface area (Å²) < 4.78 is 5.18. The molecule has 2 nitrogen and oxygen atoms in total. The fourth-order valence-electron chi connectivity index (χ4n) is 1.11. The topological polar surface area (TPSA) is 33.0 Å². The van der Waals surface area contributed by atoms with Crippen LogP contribution in [0.25, 0.3) is 0 Å².